The Kier molecular flexibility index (Phi) is 5.21. The lowest BCUT2D eigenvalue weighted by atomic mass is 10.2. The Balaban J connectivity index is 1.83. The predicted octanol–water partition coefficient (Wildman–Crippen LogP) is 2.85. The molecular formula is C17H19NO3. The van der Waals surface area contributed by atoms with Crippen molar-refractivity contribution in [1.82, 2.24) is 4.90 Å². The van der Waals surface area contributed by atoms with Gasteiger partial charge in [-0.15, -0.1) is 0 Å². The summed E-state index contributed by atoms with van der Waals surface area (Å²) in [5.41, 5.74) is 0.612. The number of benzene rings is 2. The van der Waals surface area contributed by atoms with Crippen LogP contribution in [-0.2, 0) is 0 Å². The lowest BCUT2D eigenvalue weighted by Crippen LogP contribution is -2.21. The maximum atomic E-state index is 11.9. The van der Waals surface area contributed by atoms with Crippen LogP contribution in [0.3, 0.4) is 0 Å². The highest BCUT2D eigenvalue weighted by atomic mass is 16.5. The van der Waals surface area contributed by atoms with E-state index in [0.29, 0.717) is 24.5 Å². The van der Waals surface area contributed by atoms with Crippen LogP contribution in [0, 0.1) is 0 Å². The smallest absolute Gasteiger partial charge is 0.253 e. The molecule has 0 radical (unpaired) electrons. The molecule has 2 rings (SSSR count). The summed E-state index contributed by atoms with van der Waals surface area (Å²) in [5, 5.41) is 0. The number of nitrogens with zero attached hydrogens (tertiary/aromatic N) is 1. The lowest BCUT2D eigenvalue weighted by Gasteiger charge is -2.12. The summed E-state index contributed by atoms with van der Waals surface area (Å²) in [4.78, 5) is 13.4. The van der Waals surface area contributed by atoms with E-state index in [0.717, 1.165) is 5.75 Å². The second kappa shape index (κ2) is 7.33. The van der Waals surface area contributed by atoms with E-state index in [2.05, 4.69) is 0 Å². The Labute approximate surface area is 124 Å². The Morgan fingerprint density at radius 3 is 2.19 bits per heavy atom. The zero-order valence-corrected chi connectivity index (χ0v) is 12.3. The van der Waals surface area contributed by atoms with E-state index < -0.39 is 0 Å². The van der Waals surface area contributed by atoms with Crippen molar-refractivity contribution in [2.45, 2.75) is 0 Å². The average molecular weight is 285 g/mol. The molecule has 0 saturated carbocycles. The maximum absolute atomic E-state index is 11.9. The van der Waals surface area contributed by atoms with Gasteiger partial charge in [0.15, 0.2) is 0 Å². The molecule has 0 fully saturated rings. The van der Waals surface area contributed by atoms with Crippen LogP contribution in [-0.4, -0.2) is 38.1 Å². The first kappa shape index (κ1) is 14.9. The highest BCUT2D eigenvalue weighted by molar-refractivity contribution is 5.94. The highest BCUT2D eigenvalue weighted by Gasteiger charge is 2.08. The molecule has 0 bridgehead atoms. The normalized spacial score (nSPS) is 10.0. The van der Waals surface area contributed by atoms with Gasteiger partial charge >= 0.3 is 0 Å². The summed E-state index contributed by atoms with van der Waals surface area (Å²) in [6.07, 6.45) is 0. The van der Waals surface area contributed by atoms with Gasteiger partial charge in [-0.05, 0) is 30.3 Å². The number of hydrogen-bond donors (Lipinski definition) is 0. The van der Waals surface area contributed by atoms with Gasteiger partial charge in [-0.2, -0.15) is 0 Å². The van der Waals surface area contributed by atoms with Gasteiger partial charge in [-0.3, -0.25) is 4.79 Å². The van der Waals surface area contributed by atoms with Crippen LogP contribution in [0.5, 0.6) is 11.5 Å². The molecule has 0 aromatic heterocycles. The summed E-state index contributed by atoms with van der Waals surface area (Å²) in [7, 11) is 3.45. The topological polar surface area (TPSA) is 38.8 Å². The molecule has 1 amide bonds. The molecule has 0 spiro atoms. The molecule has 2 aromatic carbocycles. The van der Waals surface area contributed by atoms with E-state index in [1.54, 1.807) is 26.2 Å². The molecule has 0 heterocycles. The maximum Gasteiger partial charge on any atom is 0.253 e. The fourth-order valence-corrected chi connectivity index (χ4v) is 1.81. The summed E-state index contributed by atoms with van der Waals surface area (Å²) >= 11 is 0. The van der Waals surface area contributed by atoms with E-state index in [1.807, 2.05) is 42.5 Å². The highest BCUT2D eigenvalue weighted by Crippen LogP contribution is 2.14. The summed E-state index contributed by atoms with van der Waals surface area (Å²) in [6.45, 7) is 0.879. The molecule has 4 heteroatoms. The van der Waals surface area contributed by atoms with Crippen molar-refractivity contribution in [2.75, 3.05) is 27.3 Å². The molecule has 2 aromatic rings. The minimum absolute atomic E-state index is 0.0408. The second-order valence-electron chi connectivity index (χ2n) is 4.74. The number of amides is 1. The molecule has 4 nitrogen and oxygen atoms in total. The van der Waals surface area contributed by atoms with E-state index in [-0.39, 0.29) is 5.91 Å². The van der Waals surface area contributed by atoms with Crippen molar-refractivity contribution in [3.8, 4) is 11.5 Å². The van der Waals surface area contributed by atoms with Crippen LogP contribution in [0.25, 0.3) is 0 Å². The lowest BCUT2D eigenvalue weighted by molar-refractivity contribution is 0.0827. The predicted molar refractivity (Wildman–Crippen MR) is 81.9 cm³/mol. The van der Waals surface area contributed by atoms with Gasteiger partial charge < -0.3 is 14.4 Å². The number of ether oxygens (including phenoxy) is 2. The van der Waals surface area contributed by atoms with Crippen molar-refractivity contribution in [3.63, 3.8) is 0 Å². The van der Waals surface area contributed by atoms with Gasteiger partial charge in [-0.1, -0.05) is 24.3 Å². The quantitative estimate of drug-likeness (QED) is 0.766. The van der Waals surface area contributed by atoms with E-state index in [9.17, 15) is 4.79 Å². The Bertz CT molecular complexity index is 582. The van der Waals surface area contributed by atoms with Gasteiger partial charge in [0.05, 0.1) is 0 Å². The van der Waals surface area contributed by atoms with Crippen LogP contribution >= 0.6 is 0 Å². The summed E-state index contributed by atoms with van der Waals surface area (Å²) in [5.74, 6) is 1.44. The second-order valence-corrected chi connectivity index (χ2v) is 4.74. The summed E-state index contributed by atoms with van der Waals surface area (Å²) < 4.78 is 11.1. The molecule has 0 unspecified atom stereocenters. The molecule has 0 aliphatic carbocycles. The zero-order valence-electron chi connectivity index (χ0n) is 12.3. The number of carbonyl (C=O) groups is 1. The first-order valence-electron chi connectivity index (χ1n) is 6.79. The van der Waals surface area contributed by atoms with Crippen LogP contribution < -0.4 is 9.47 Å². The van der Waals surface area contributed by atoms with Gasteiger partial charge in [0, 0.05) is 19.7 Å². The van der Waals surface area contributed by atoms with E-state index >= 15 is 0 Å². The van der Waals surface area contributed by atoms with Crippen molar-refractivity contribution in [2.24, 2.45) is 0 Å². The molecule has 0 atom stereocenters. The van der Waals surface area contributed by atoms with Gasteiger partial charge in [-0.25, -0.2) is 0 Å². The Morgan fingerprint density at radius 1 is 0.905 bits per heavy atom. The number of carbonyl (C=O) groups excluding carboxylic acids is 1. The summed E-state index contributed by atoms with van der Waals surface area (Å²) in [6, 6.07) is 16.7. The van der Waals surface area contributed by atoms with Crippen molar-refractivity contribution < 1.29 is 14.3 Å². The minimum atomic E-state index is -0.0408. The average Bonchev–Trinajstić information content (AvgIpc) is 2.52. The SMILES string of the molecule is CN(C)C(=O)c1cccc(OCCOc2ccccc2)c1. The number of hydrogen-bond acceptors (Lipinski definition) is 3. The molecule has 21 heavy (non-hydrogen) atoms. The fraction of sp³-hybridized carbons (Fsp3) is 0.235. The van der Waals surface area contributed by atoms with Gasteiger partial charge in [0.1, 0.15) is 24.7 Å². The van der Waals surface area contributed by atoms with Gasteiger partial charge in [0.2, 0.25) is 0 Å². The van der Waals surface area contributed by atoms with Crippen LogP contribution in [0.4, 0.5) is 0 Å². The largest absolute Gasteiger partial charge is 0.490 e. The fourth-order valence-electron chi connectivity index (χ4n) is 1.81. The van der Waals surface area contributed by atoms with Crippen LogP contribution in [0.15, 0.2) is 54.6 Å². The third-order valence-electron chi connectivity index (χ3n) is 2.85. The molecule has 110 valence electrons. The van der Waals surface area contributed by atoms with Crippen molar-refractivity contribution >= 4 is 5.91 Å². The van der Waals surface area contributed by atoms with E-state index in [4.69, 9.17) is 9.47 Å². The Morgan fingerprint density at radius 2 is 1.52 bits per heavy atom. The molecule has 0 N–H and O–H groups in total. The number of rotatable bonds is 6. The molecule has 0 saturated heterocycles. The zero-order chi connectivity index (χ0) is 15.1. The third-order valence-corrected chi connectivity index (χ3v) is 2.85. The minimum Gasteiger partial charge on any atom is -0.490 e. The van der Waals surface area contributed by atoms with Crippen molar-refractivity contribution in [3.05, 3.63) is 60.2 Å². The third kappa shape index (κ3) is 4.53. The van der Waals surface area contributed by atoms with Gasteiger partial charge in [0.25, 0.3) is 5.91 Å². The standard InChI is InChI=1S/C17H19NO3/c1-18(2)17(19)14-7-6-10-16(13-14)21-12-11-20-15-8-4-3-5-9-15/h3-10,13H,11-12H2,1-2H3. The molecule has 0 aliphatic rings. The Hall–Kier alpha value is -2.49. The monoisotopic (exact) mass is 285 g/mol. The van der Waals surface area contributed by atoms with Crippen LogP contribution in [0.2, 0.25) is 0 Å². The van der Waals surface area contributed by atoms with Crippen LogP contribution in [0.1, 0.15) is 10.4 Å². The first-order valence-corrected chi connectivity index (χ1v) is 6.79. The van der Waals surface area contributed by atoms with Crippen molar-refractivity contribution in [1.29, 1.82) is 0 Å². The first-order chi connectivity index (χ1) is 10.2. The number of para-hydroxylation sites is 1. The molecule has 0 aliphatic heterocycles. The van der Waals surface area contributed by atoms with E-state index in [1.165, 1.54) is 4.90 Å². The molecular weight excluding hydrogens is 266 g/mol.